The highest BCUT2D eigenvalue weighted by Gasteiger charge is 2.56. The molecule has 1 aromatic rings. The molecule has 1 amide bonds. The second-order valence-electron chi connectivity index (χ2n) is 8.89. The van der Waals surface area contributed by atoms with Gasteiger partial charge in [-0.05, 0) is 54.4 Å². The van der Waals surface area contributed by atoms with Gasteiger partial charge in [0.15, 0.2) is 0 Å². The van der Waals surface area contributed by atoms with Gasteiger partial charge in [0.05, 0.1) is 5.92 Å². The SMILES string of the molecule is CCC12CC(C)(C=O)CC=C1c1cccc(C)c1C2C(=O)NCC(C)C. The van der Waals surface area contributed by atoms with Crippen molar-refractivity contribution in [2.75, 3.05) is 6.54 Å². The fourth-order valence-corrected chi connectivity index (χ4v) is 5.04. The lowest BCUT2D eigenvalue weighted by molar-refractivity contribution is -0.126. The molecule has 0 saturated heterocycles. The first-order chi connectivity index (χ1) is 12.3. The number of carbonyl (C=O) groups excluding carboxylic acids is 2. The molecule has 0 fully saturated rings. The van der Waals surface area contributed by atoms with Crippen LogP contribution >= 0.6 is 0 Å². The van der Waals surface area contributed by atoms with Crippen molar-refractivity contribution in [2.45, 2.75) is 59.8 Å². The van der Waals surface area contributed by atoms with Crippen LogP contribution in [0, 0.1) is 23.7 Å². The summed E-state index contributed by atoms with van der Waals surface area (Å²) in [5.41, 5.74) is 4.14. The first-order valence-electron chi connectivity index (χ1n) is 9.82. The van der Waals surface area contributed by atoms with Gasteiger partial charge in [-0.2, -0.15) is 0 Å². The van der Waals surface area contributed by atoms with E-state index in [1.165, 1.54) is 16.7 Å². The summed E-state index contributed by atoms with van der Waals surface area (Å²) in [7, 11) is 0. The smallest absolute Gasteiger partial charge is 0.228 e. The van der Waals surface area contributed by atoms with E-state index in [9.17, 15) is 9.59 Å². The molecule has 0 aliphatic heterocycles. The maximum atomic E-state index is 13.4. The van der Waals surface area contributed by atoms with Crippen LogP contribution in [0.5, 0.6) is 0 Å². The highest BCUT2D eigenvalue weighted by atomic mass is 16.2. The lowest BCUT2D eigenvalue weighted by atomic mass is 9.58. The molecule has 0 aromatic heterocycles. The van der Waals surface area contributed by atoms with Crippen LogP contribution in [0.2, 0.25) is 0 Å². The Labute approximate surface area is 157 Å². The average molecular weight is 354 g/mol. The second-order valence-corrected chi connectivity index (χ2v) is 8.89. The molecule has 0 saturated carbocycles. The number of hydrogen-bond acceptors (Lipinski definition) is 2. The number of hydrogen-bond donors (Lipinski definition) is 1. The summed E-state index contributed by atoms with van der Waals surface area (Å²) in [6.45, 7) is 11.2. The lowest BCUT2D eigenvalue weighted by Gasteiger charge is -2.44. The third-order valence-corrected chi connectivity index (χ3v) is 6.35. The number of aldehydes is 1. The van der Waals surface area contributed by atoms with Gasteiger partial charge >= 0.3 is 0 Å². The van der Waals surface area contributed by atoms with Gasteiger partial charge in [0.25, 0.3) is 0 Å². The van der Waals surface area contributed by atoms with E-state index in [1.807, 2.05) is 6.92 Å². The standard InChI is InChI=1S/C23H31NO2/c1-6-23-13-22(5,14-25)11-10-18(23)17-9-7-8-16(4)19(17)20(23)21(26)24-12-15(2)3/h7-10,14-15,20H,6,11-13H2,1-5H3,(H,24,26). The molecule has 1 N–H and O–H groups in total. The molecule has 140 valence electrons. The van der Waals surface area contributed by atoms with Crippen LogP contribution in [0.1, 0.15) is 69.6 Å². The van der Waals surface area contributed by atoms with E-state index < -0.39 is 5.41 Å². The van der Waals surface area contributed by atoms with Crippen molar-refractivity contribution in [1.82, 2.24) is 5.32 Å². The summed E-state index contributed by atoms with van der Waals surface area (Å²) in [6.07, 6.45) is 5.67. The third-order valence-electron chi connectivity index (χ3n) is 6.35. The minimum atomic E-state index is -0.397. The molecule has 26 heavy (non-hydrogen) atoms. The molecular formula is C23H31NO2. The van der Waals surface area contributed by atoms with Crippen LogP contribution in [-0.2, 0) is 9.59 Å². The number of benzene rings is 1. The number of allylic oxidation sites excluding steroid dienone is 2. The molecule has 2 aliphatic rings. The van der Waals surface area contributed by atoms with Crippen LogP contribution in [0.25, 0.3) is 5.57 Å². The maximum Gasteiger partial charge on any atom is 0.228 e. The molecular weight excluding hydrogens is 322 g/mol. The summed E-state index contributed by atoms with van der Waals surface area (Å²) in [6, 6.07) is 6.33. The minimum Gasteiger partial charge on any atom is -0.355 e. The van der Waals surface area contributed by atoms with Crippen LogP contribution in [0.15, 0.2) is 24.3 Å². The number of carbonyl (C=O) groups is 2. The van der Waals surface area contributed by atoms with E-state index >= 15 is 0 Å². The largest absolute Gasteiger partial charge is 0.355 e. The molecule has 1 aromatic carbocycles. The average Bonchev–Trinajstić information content (AvgIpc) is 2.90. The van der Waals surface area contributed by atoms with Crippen molar-refractivity contribution >= 4 is 17.8 Å². The predicted octanol–water partition coefficient (Wildman–Crippen LogP) is 4.64. The summed E-state index contributed by atoms with van der Waals surface area (Å²) in [5, 5.41) is 3.18. The minimum absolute atomic E-state index is 0.106. The van der Waals surface area contributed by atoms with Crippen LogP contribution < -0.4 is 5.32 Å². The van der Waals surface area contributed by atoms with E-state index in [0.29, 0.717) is 12.5 Å². The zero-order valence-corrected chi connectivity index (χ0v) is 16.7. The molecule has 0 heterocycles. The fourth-order valence-electron chi connectivity index (χ4n) is 5.04. The van der Waals surface area contributed by atoms with E-state index in [-0.39, 0.29) is 17.2 Å². The van der Waals surface area contributed by atoms with E-state index in [1.54, 1.807) is 0 Å². The Morgan fingerprint density at radius 2 is 2.12 bits per heavy atom. The molecule has 0 bridgehead atoms. The molecule has 0 radical (unpaired) electrons. The molecule has 3 atom stereocenters. The zero-order chi connectivity index (χ0) is 19.1. The summed E-state index contributed by atoms with van der Waals surface area (Å²) < 4.78 is 0. The van der Waals surface area contributed by atoms with Crippen molar-refractivity contribution < 1.29 is 9.59 Å². The number of aryl methyl sites for hydroxylation is 1. The van der Waals surface area contributed by atoms with Gasteiger partial charge in [0.2, 0.25) is 5.91 Å². The van der Waals surface area contributed by atoms with Crippen molar-refractivity contribution in [3.8, 4) is 0 Å². The Hall–Kier alpha value is -1.90. The Morgan fingerprint density at radius 1 is 1.38 bits per heavy atom. The highest BCUT2D eigenvalue weighted by Crippen LogP contribution is 2.64. The number of nitrogens with one attached hydrogen (secondary N) is 1. The predicted molar refractivity (Wildman–Crippen MR) is 106 cm³/mol. The van der Waals surface area contributed by atoms with E-state index in [2.05, 4.69) is 57.3 Å². The number of amides is 1. The topological polar surface area (TPSA) is 46.2 Å². The first-order valence-corrected chi connectivity index (χ1v) is 9.82. The monoisotopic (exact) mass is 353 g/mol. The molecule has 3 unspecified atom stereocenters. The molecule has 3 nitrogen and oxygen atoms in total. The molecule has 3 rings (SSSR count). The van der Waals surface area contributed by atoms with Gasteiger partial charge in [-0.15, -0.1) is 0 Å². The Kier molecular flexibility index (Phi) is 4.85. The van der Waals surface area contributed by atoms with Gasteiger partial charge in [0.1, 0.15) is 6.29 Å². The fraction of sp³-hybridized carbons (Fsp3) is 0.565. The van der Waals surface area contributed by atoms with Gasteiger partial charge < -0.3 is 10.1 Å². The van der Waals surface area contributed by atoms with Crippen LogP contribution in [-0.4, -0.2) is 18.7 Å². The van der Waals surface area contributed by atoms with Crippen LogP contribution in [0.3, 0.4) is 0 Å². The number of rotatable bonds is 5. The summed E-state index contributed by atoms with van der Waals surface area (Å²) in [5.74, 6) is 0.304. The molecule has 3 heteroatoms. The van der Waals surface area contributed by atoms with Crippen molar-refractivity contribution in [1.29, 1.82) is 0 Å². The van der Waals surface area contributed by atoms with E-state index in [4.69, 9.17) is 0 Å². The molecule has 0 spiro atoms. The first kappa shape index (κ1) is 18.9. The second kappa shape index (κ2) is 6.68. The highest BCUT2D eigenvalue weighted by molar-refractivity contribution is 5.96. The van der Waals surface area contributed by atoms with Gasteiger partial charge in [-0.25, -0.2) is 0 Å². The van der Waals surface area contributed by atoms with Crippen molar-refractivity contribution in [2.24, 2.45) is 16.7 Å². The lowest BCUT2D eigenvalue weighted by Crippen LogP contribution is -2.43. The van der Waals surface area contributed by atoms with Crippen LogP contribution in [0.4, 0.5) is 0 Å². The summed E-state index contributed by atoms with van der Waals surface area (Å²) in [4.78, 5) is 25.2. The van der Waals surface area contributed by atoms with Crippen molar-refractivity contribution in [3.05, 3.63) is 41.0 Å². The number of fused-ring (bicyclic) bond motifs is 3. The Bertz CT molecular complexity index is 763. The third kappa shape index (κ3) is 2.82. The van der Waals surface area contributed by atoms with Gasteiger partial charge in [-0.1, -0.05) is 52.0 Å². The molecule has 2 aliphatic carbocycles. The van der Waals surface area contributed by atoms with Crippen molar-refractivity contribution in [3.63, 3.8) is 0 Å². The Morgan fingerprint density at radius 3 is 2.73 bits per heavy atom. The quantitative estimate of drug-likeness (QED) is 0.784. The Balaban J connectivity index is 2.16. The van der Waals surface area contributed by atoms with Gasteiger partial charge in [-0.3, -0.25) is 4.79 Å². The van der Waals surface area contributed by atoms with Gasteiger partial charge in [0, 0.05) is 17.4 Å². The maximum absolute atomic E-state index is 13.4. The normalized spacial score (nSPS) is 29.8. The van der Waals surface area contributed by atoms with E-state index in [0.717, 1.165) is 31.1 Å². The summed E-state index contributed by atoms with van der Waals surface area (Å²) >= 11 is 0. The zero-order valence-electron chi connectivity index (χ0n) is 16.7.